The van der Waals surface area contributed by atoms with Crippen LogP contribution in [-0.4, -0.2) is 20.9 Å². The van der Waals surface area contributed by atoms with Crippen molar-refractivity contribution in [3.8, 4) is 5.75 Å². The molecule has 0 saturated heterocycles. The number of amides is 1. The number of para-hydroxylation sites is 1. The zero-order valence-electron chi connectivity index (χ0n) is 12.7. The summed E-state index contributed by atoms with van der Waals surface area (Å²) in [5.74, 6) is 0.252. The average molecular weight is 344 g/mol. The summed E-state index contributed by atoms with van der Waals surface area (Å²) in [5.41, 5.74) is 2.50. The Labute approximate surface area is 140 Å². The van der Waals surface area contributed by atoms with Crippen LogP contribution in [0.4, 0.5) is 5.69 Å². The van der Waals surface area contributed by atoms with Crippen LogP contribution in [0.3, 0.4) is 0 Å². The van der Waals surface area contributed by atoms with Crippen molar-refractivity contribution in [1.29, 1.82) is 0 Å². The fourth-order valence-electron chi connectivity index (χ4n) is 2.38. The first-order chi connectivity index (χ1) is 11.4. The molecule has 2 aromatic carbocycles. The lowest BCUT2D eigenvalue weighted by Crippen LogP contribution is -2.21. The molecule has 6 nitrogen and oxygen atoms in total. The number of ether oxygens (including phenoxy) is 1. The number of nitrogens with two attached hydrogens (primary N) is 1. The molecule has 124 valence electrons. The maximum absolute atomic E-state index is 12.3. The Hall–Kier alpha value is -2.64. The average Bonchev–Trinajstić information content (AvgIpc) is 2.55. The van der Waals surface area contributed by atoms with E-state index in [1.807, 2.05) is 24.3 Å². The SMILES string of the molecule is NS(=O)(=O)Cc1ccc(NC(=O)C2=Cc3ccccc3OC2)cc1. The Morgan fingerprint density at radius 2 is 1.83 bits per heavy atom. The van der Waals surface area contributed by atoms with Gasteiger partial charge in [0.2, 0.25) is 10.0 Å². The van der Waals surface area contributed by atoms with Gasteiger partial charge in [0.1, 0.15) is 12.4 Å². The third-order valence-corrected chi connectivity index (χ3v) is 4.24. The molecule has 0 aromatic heterocycles. The lowest BCUT2D eigenvalue weighted by Gasteiger charge is -2.17. The minimum Gasteiger partial charge on any atom is -0.488 e. The smallest absolute Gasteiger partial charge is 0.255 e. The first kappa shape index (κ1) is 16.2. The van der Waals surface area contributed by atoms with E-state index in [0.29, 0.717) is 16.8 Å². The van der Waals surface area contributed by atoms with Gasteiger partial charge in [0.25, 0.3) is 5.91 Å². The topological polar surface area (TPSA) is 98.5 Å². The van der Waals surface area contributed by atoms with E-state index < -0.39 is 10.0 Å². The van der Waals surface area contributed by atoms with Gasteiger partial charge in [0.05, 0.1) is 11.3 Å². The largest absolute Gasteiger partial charge is 0.488 e. The van der Waals surface area contributed by atoms with Gasteiger partial charge in [-0.1, -0.05) is 30.3 Å². The maximum atomic E-state index is 12.3. The van der Waals surface area contributed by atoms with Crippen LogP contribution in [0.15, 0.2) is 54.1 Å². The number of carbonyl (C=O) groups is 1. The Balaban J connectivity index is 1.70. The molecule has 1 aliphatic rings. The van der Waals surface area contributed by atoms with Crippen LogP contribution < -0.4 is 15.2 Å². The van der Waals surface area contributed by atoms with Gasteiger partial charge < -0.3 is 10.1 Å². The second kappa shape index (κ2) is 6.46. The Kier molecular flexibility index (Phi) is 4.37. The molecule has 2 aromatic rings. The minimum absolute atomic E-state index is 0.201. The van der Waals surface area contributed by atoms with E-state index in [-0.39, 0.29) is 18.3 Å². The normalized spacial score (nSPS) is 13.5. The number of nitrogens with one attached hydrogen (secondary N) is 1. The molecule has 3 rings (SSSR count). The van der Waals surface area contributed by atoms with Gasteiger partial charge in [-0.15, -0.1) is 0 Å². The van der Waals surface area contributed by atoms with Crippen molar-refractivity contribution < 1.29 is 17.9 Å². The van der Waals surface area contributed by atoms with Crippen LogP contribution in [0.2, 0.25) is 0 Å². The summed E-state index contributed by atoms with van der Waals surface area (Å²) in [6.45, 7) is 0.201. The molecule has 1 aliphatic heterocycles. The predicted molar refractivity (Wildman–Crippen MR) is 91.8 cm³/mol. The molecular weight excluding hydrogens is 328 g/mol. The molecular formula is C17H16N2O4S. The highest BCUT2D eigenvalue weighted by atomic mass is 32.2. The monoisotopic (exact) mass is 344 g/mol. The summed E-state index contributed by atoms with van der Waals surface area (Å²) in [6, 6.07) is 14.0. The lowest BCUT2D eigenvalue weighted by atomic mass is 10.1. The van der Waals surface area contributed by atoms with Gasteiger partial charge in [-0.05, 0) is 29.8 Å². The van der Waals surface area contributed by atoms with E-state index in [0.717, 1.165) is 11.3 Å². The van der Waals surface area contributed by atoms with Gasteiger partial charge >= 0.3 is 0 Å². The van der Waals surface area contributed by atoms with E-state index in [2.05, 4.69) is 5.32 Å². The van der Waals surface area contributed by atoms with E-state index >= 15 is 0 Å². The van der Waals surface area contributed by atoms with Crippen LogP contribution in [0.25, 0.3) is 6.08 Å². The highest BCUT2D eigenvalue weighted by Gasteiger charge is 2.17. The maximum Gasteiger partial charge on any atom is 0.255 e. The van der Waals surface area contributed by atoms with E-state index in [1.54, 1.807) is 30.3 Å². The van der Waals surface area contributed by atoms with Crippen LogP contribution in [-0.2, 0) is 20.6 Å². The second-order valence-electron chi connectivity index (χ2n) is 5.45. The van der Waals surface area contributed by atoms with Gasteiger partial charge in [-0.2, -0.15) is 0 Å². The standard InChI is InChI=1S/C17H16N2O4S/c18-24(21,22)11-12-5-7-15(8-6-12)19-17(20)14-9-13-3-1-2-4-16(13)23-10-14/h1-9H,10-11H2,(H,19,20)(H2,18,21,22). The Bertz CT molecular complexity index is 902. The second-order valence-corrected chi connectivity index (χ2v) is 7.07. The highest BCUT2D eigenvalue weighted by Crippen LogP contribution is 2.26. The highest BCUT2D eigenvalue weighted by molar-refractivity contribution is 7.88. The summed E-state index contributed by atoms with van der Waals surface area (Å²) < 4.78 is 27.7. The van der Waals surface area contributed by atoms with Crippen LogP contribution in [0.5, 0.6) is 5.75 Å². The number of hydrogen-bond donors (Lipinski definition) is 2. The number of fused-ring (bicyclic) bond motifs is 1. The number of hydrogen-bond acceptors (Lipinski definition) is 4. The molecule has 7 heteroatoms. The van der Waals surface area contributed by atoms with E-state index in [9.17, 15) is 13.2 Å². The first-order valence-electron chi connectivity index (χ1n) is 7.24. The molecule has 0 bridgehead atoms. The zero-order valence-corrected chi connectivity index (χ0v) is 13.5. The van der Waals surface area contributed by atoms with Crippen molar-refractivity contribution in [3.05, 3.63) is 65.2 Å². The number of carbonyl (C=O) groups excluding carboxylic acids is 1. The van der Waals surface area contributed by atoms with Gasteiger partial charge in [-0.25, -0.2) is 13.6 Å². The molecule has 0 aliphatic carbocycles. The third kappa shape index (κ3) is 4.01. The fraction of sp³-hybridized carbons (Fsp3) is 0.118. The molecule has 0 unspecified atom stereocenters. The molecule has 0 spiro atoms. The van der Waals surface area contributed by atoms with Crippen molar-refractivity contribution in [2.24, 2.45) is 5.14 Å². The van der Waals surface area contributed by atoms with Gasteiger partial charge in [-0.3, -0.25) is 4.79 Å². The lowest BCUT2D eigenvalue weighted by molar-refractivity contribution is -0.113. The zero-order chi connectivity index (χ0) is 17.2. The van der Waals surface area contributed by atoms with Gasteiger partial charge in [0, 0.05) is 11.3 Å². The Morgan fingerprint density at radius 3 is 2.54 bits per heavy atom. The number of benzene rings is 2. The molecule has 1 heterocycles. The van der Waals surface area contributed by atoms with Crippen molar-refractivity contribution in [2.75, 3.05) is 11.9 Å². The third-order valence-electron chi connectivity index (χ3n) is 3.50. The van der Waals surface area contributed by atoms with Crippen LogP contribution in [0, 0.1) is 0 Å². The number of sulfonamides is 1. The molecule has 0 radical (unpaired) electrons. The van der Waals surface area contributed by atoms with Crippen molar-refractivity contribution in [2.45, 2.75) is 5.75 Å². The molecule has 0 fully saturated rings. The van der Waals surface area contributed by atoms with Crippen LogP contribution >= 0.6 is 0 Å². The summed E-state index contributed by atoms with van der Waals surface area (Å²) >= 11 is 0. The van der Waals surface area contributed by atoms with Crippen molar-refractivity contribution >= 4 is 27.7 Å². The molecule has 3 N–H and O–H groups in total. The van der Waals surface area contributed by atoms with Crippen molar-refractivity contribution in [1.82, 2.24) is 0 Å². The van der Waals surface area contributed by atoms with Gasteiger partial charge in [0.15, 0.2) is 0 Å². The summed E-state index contributed by atoms with van der Waals surface area (Å²) in [5, 5.41) is 7.77. The summed E-state index contributed by atoms with van der Waals surface area (Å²) in [4.78, 5) is 12.3. The van der Waals surface area contributed by atoms with E-state index in [1.165, 1.54) is 0 Å². The van der Waals surface area contributed by atoms with Crippen LogP contribution in [0.1, 0.15) is 11.1 Å². The molecule has 1 amide bonds. The first-order valence-corrected chi connectivity index (χ1v) is 8.95. The Morgan fingerprint density at radius 1 is 1.12 bits per heavy atom. The van der Waals surface area contributed by atoms with Crippen molar-refractivity contribution in [3.63, 3.8) is 0 Å². The summed E-state index contributed by atoms with van der Waals surface area (Å²) in [7, 11) is -3.57. The summed E-state index contributed by atoms with van der Waals surface area (Å²) in [6.07, 6.45) is 1.80. The quantitative estimate of drug-likeness (QED) is 0.885. The van der Waals surface area contributed by atoms with E-state index in [4.69, 9.17) is 9.88 Å². The fourth-order valence-corrected chi connectivity index (χ4v) is 3.03. The predicted octanol–water partition coefficient (Wildman–Crippen LogP) is 1.89. The minimum atomic E-state index is -3.57. The number of rotatable bonds is 4. The molecule has 0 saturated carbocycles. The number of primary sulfonamides is 1. The molecule has 0 atom stereocenters. The molecule has 24 heavy (non-hydrogen) atoms. The number of anilines is 1.